The number of carbonyl (C=O) groups is 1. The van der Waals surface area contributed by atoms with E-state index < -0.39 is 0 Å². The van der Waals surface area contributed by atoms with E-state index >= 15 is 0 Å². The quantitative estimate of drug-likeness (QED) is 0.560. The average Bonchev–Trinajstić information content (AvgIpc) is 2.92. The van der Waals surface area contributed by atoms with E-state index in [4.69, 9.17) is 5.11 Å². The molecule has 0 aromatic heterocycles. The van der Waals surface area contributed by atoms with Gasteiger partial charge in [-0.25, -0.2) is 0 Å². The number of hydrogen-bond acceptors (Lipinski definition) is 3. The highest BCUT2D eigenvalue weighted by Gasteiger charge is 2.41. The molecular weight excluding hydrogens is 180 g/mol. The van der Waals surface area contributed by atoms with Gasteiger partial charge < -0.3 is 15.7 Å². The van der Waals surface area contributed by atoms with Gasteiger partial charge in [0.15, 0.2) is 0 Å². The van der Waals surface area contributed by atoms with Gasteiger partial charge in [-0.05, 0) is 12.8 Å². The van der Waals surface area contributed by atoms with Crippen molar-refractivity contribution in [3.63, 3.8) is 0 Å². The average molecular weight is 200 g/mol. The molecule has 0 heterocycles. The number of rotatable bonds is 6. The van der Waals surface area contributed by atoms with Crippen LogP contribution in [0.2, 0.25) is 0 Å². The molecule has 1 aliphatic rings. The van der Waals surface area contributed by atoms with Crippen LogP contribution in [0.15, 0.2) is 0 Å². The standard InChI is InChI=1S/C10H20N2O2/c1-8(2)11-5-9(14)12-6-10(7-13)3-4-10/h8,11,13H,3-7H2,1-2H3,(H,12,14). The van der Waals surface area contributed by atoms with Gasteiger partial charge in [0.2, 0.25) is 5.91 Å². The summed E-state index contributed by atoms with van der Waals surface area (Å²) in [6, 6.07) is 0.327. The lowest BCUT2D eigenvalue weighted by molar-refractivity contribution is -0.120. The van der Waals surface area contributed by atoms with Gasteiger partial charge in [-0.3, -0.25) is 4.79 Å². The minimum absolute atomic E-state index is 0.00743. The van der Waals surface area contributed by atoms with Crippen molar-refractivity contribution in [2.45, 2.75) is 32.7 Å². The van der Waals surface area contributed by atoms with Gasteiger partial charge in [0.05, 0.1) is 13.2 Å². The zero-order chi connectivity index (χ0) is 10.6. The van der Waals surface area contributed by atoms with E-state index in [-0.39, 0.29) is 17.9 Å². The van der Waals surface area contributed by atoms with Crippen LogP contribution in [0.3, 0.4) is 0 Å². The maximum absolute atomic E-state index is 11.3. The zero-order valence-electron chi connectivity index (χ0n) is 8.97. The second kappa shape index (κ2) is 4.75. The minimum Gasteiger partial charge on any atom is -0.396 e. The molecule has 0 saturated heterocycles. The molecule has 0 spiro atoms. The Morgan fingerprint density at radius 1 is 1.50 bits per heavy atom. The Morgan fingerprint density at radius 2 is 2.14 bits per heavy atom. The summed E-state index contributed by atoms with van der Waals surface area (Å²) in [5.41, 5.74) is 0.00743. The topological polar surface area (TPSA) is 61.4 Å². The van der Waals surface area contributed by atoms with E-state index in [9.17, 15) is 4.79 Å². The van der Waals surface area contributed by atoms with Crippen molar-refractivity contribution < 1.29 is 9.90 Å². The van der Waals surface area contributed by atoms with Crippen molar-refractivity contribution >= 4 is 5.91 Å². The Balaban J connectivity index is 2.09. The summed E-state index contributed by atoms with van der Waals surface area (Å²) in [7, 11) is 0. The summed E-state index contributed by atoms with van der Waals surface area (Å²) in [4.78, 5) is 11.3. The van der Waals surface area contributed by atoms with Crippen LogP contribution in [-0.4, -0.2) is 36.8 Å². The van der Waals surface area contributed by atoms with Crippen molar-refractivity contribution in [3.05, 3.63) is 0 Å². The van der Waals surface area contributed by atoms with Crippen molar-refractivity contribution in [3.8, 4) is 0 Å². The van der Waals surface area contributed by atoms with Crippen LogP contribution < -0.4 is 10.6 Å². The molecule has 14 heavy (non-hydrogen) atoms. The minimum atomic E-state index is 0.00743. The van der Waals surface area contributed by atoms with Gasteiger partial charge in [-0.1, -0.05) is 13.8 Å². The van der Waals surface area contributed by atoms with Crippen molar-refractivity contribution in [2.75, 3.05) is 19.7 Å². The predicted molar refractivity (Wildman–Crippen MR) is 54.9 cm³/mol. The summed E-state index contributed by atoms with van der Waals surface area (Å²) < 4.78 is 0. The molecule has 3 N–H and O–H groups in total. The van der Waals surface area contributed by atoms with E-state index in [2.05, 4.69) is 10.6 Å². The van der Waals surface area contributed by atoms with Gasteiger partial charge in [0.25, 0.3) is 0 Å². The number of aliphatic hydroxyl groups is 1. The first kappa shape index (κ1) is 11.5. The molecule has 4 heteroatoms. The number of aliphatic hydroxyl groups excluding tert-OH is 1. The van der Waals surface area contributed by atoms with Gasteiger partial charge in [-0.2, -0.15) is 0 Å². The monoisotopic (exact) mass is 200 g/mol. The fourth-order valence-electron chi connectivity index (χ4n) is 1.21. The first-order valence-electron chi connectivity index (χ1n) is 5.19. The lowest BCUT2D eigenvalue weighted by atomic mass is 10.1. The smallest absolute Gasteiger partial charge is 0.233 e. The maximum Gasteiger partial charge on any atom is 0.233 e. The van der Waals surface area contributed by atoms with Crippen LogP contribution >= 0.6 is 0 Å². The first-order valence-corrected chi connectivity index (χ1v) is 5.19. The van der Waals surface area contributed by atoms with Crippen LogP contribution in [0, 0.1) is 5.41 Å². The molecule has 1 saturated carbocycles. The molecular formula is C10H20N2O2. The molecule has 1 aliphatic carbocycles. The molecule has 0 aromatic carbocycles. The number of hydrogen-bond donors (Lipinski definition) is 3. The van der Waals surface area contributed by atoms with Crippen molar-refractivity contribution in [1.82, 2.24) is 10.6 Å². The molecule has 4 nitrogen and oxygen atoms in total. The highest BCUT2D eigenvalue weighted by molar-refractivity contribution is 5.78. The van der Waals surface area contributed by atoms with Crippen LogP contribution in [0.1, 0.15) is 26.7 Å². The summed E-state index contributed by atoms with van der Waals surface area (Å²) >= 11 is 0. The molecule has 0 unspecified atom stereocenters. The normalized spacial score (nSPS) is 18.3. The molecule has 1 amide bonds. The third kappa shape index (κ3) is 3.64. The Bertz CT molecular complexity index is 200. The van der Waals surface area contributed by atoms with Gasteiger partial charge in [0.1, 0.15) is 0 Å². The number of carbonyl (C=O) groups excluding carboxylic acids is 1. The van der Waals surface area contributed by atoms with Crippen molar-refractivity contribution in [1.29, 1.82) is 0 Å². The van der Waals surface area contributed by atoms with E-state index in [0.717, 1.165) is 12.8 Å². The molecule has 1 rings (SSSR count). The SMILES string of the molecule is CC(C)NCC(=O)NCC1(CO)CC1. The highest BCUT2D eigenvalue weighted by Crippen LogP contribution is 2.44. The Kier molecular flexibility index (Phi) is 3.89. The van der Waals surface area contributed by atoms with E-state index in [1.807, 2.05) is 13.8 Å². The molecule has 0 atom stereocenters. The van der Waals surface area contributed by atoms with E-state index in [0.29, 0.717) is 19.1 Å². The zero-order valence-corrected chi connectivity index (χ0v) is 8.97. The van der Waals surface area contributed by atoms with Crippen LogP contribution in [0.25, 0.3) is 0 Å². The third-order valence-corrected chi connectivity index (χ3v) is 2.62. The number of nitrogens with one attached hydrogen (secondary N) is 2. The summed E-state index contributed by atoms with van der Waals surface area (Å²) in [6.07, 6.45) is 2.06. The first-order chi connectivity index (χ1) is 6.58. The van der Waals surface area contributed by atoms with Gasteiger partial charge in [-0.15, -0.1) is 0 Å². The van der Waals surface area contributed by atoms with Crippen LogP contribution in [0.5, 0.6) is 0 Å². The van der Waals surface area contributed by atoms with Crippen LogP contribution in [-0.2, 0) is 4.79 Å². The second-order valence-electron chi connectivity index (χ2n) is 4.47. The molecule has 0 bridgehead atoms. The third-order valence-electron chi connectivity index (χ3n) is 2.62. The molecule has 1 fully saturated rings. The van der Waals surface area contributed by atoms with Gasteiger partial charge >= 0.3 is 0 Å². The summed E-state index contributed by atoms with van der Waals surface area (Å²) in [6.45, 7) is 5.17. The van der Waals surface area contributed by atoms with E-state index in [1.165, 1.54) is 0 Å². The lowest BCUT2D eigenvalue weighted by Crippen LogP contribution is -2.39. The van der Waals surface area contributed by atoms with E-state index in [1.54, 1.807) is 0 Å². The molecule has 0 aliphatic heterocycles. The Hall–Kier alpha value is -0.610. The Labute approximate surface area is 85.1 Å². The Morgan fingerprint density at radius 3 is 2.57 bits per heavy atom. The van der Waals surface area contributed by atoms with Gasteiger partial charge in [0, 0.05) is 18.0 Å². The fraction of sp³-hybridized carbons (Fsp3) is 0.900. The molecule has 82 valence electrons. The summed E-state index contributed by atoms with van der Waals surface area (Å²) in [5, 5.41) is 14.9. The van der Waals surface area contributed by atoms with Crippen molar-refractivity contribution in [2.24, 2.45) is 5.41 Å². The largest absolute Gasteiger partial charge is 0.396 e. The van der Waals surface area contributed by atoms with Crippen LogP contribution in [0.4, 0.5) is 0 Å². The predicted octanol–water partition coefficient (Wildman–Crippen LogP) is -0.127. The highest BCUT2D eigenvalue weighted by atomic mass is 16.3. The molecule has 0 radical (unpaired) electrons. The second-order valence-corrected chi connectivity index (χ2v) is 4.47. The summed E-state index contributed by atoms with van der Waals surface area (Å²) in [5.74, 6) is 0.0124. The fourth-order valence-corrected chi connectivity index (χ4v) is 1.21. The maximum atomic E-state index is 11.3. The lowest BCUT2D eigenvalue weighted by Gasteiger charge is -2.13. The molecule has 0 aromatic rings. The number of amides is 1.